The molecule has 1 unspecified atom stereocenters. The van der Waals surface area contributed by atoms with Crippen molar-refractivity contribution in [3.8, 4) is 11.5 Å². The summed E-state index contributed by atoms with van der Waals surface area (Å²) in [7, 11) is 0. The molecule has 3 aromatic rings. The minimum absolute atomic E-state index is 0.0505. The quantitative estimate of drug-likeness (QED) is 0.415. The molecule has 2 heterocycles. The smallest absolute Gasteiger partial charge is 0.340 e. The average molecular weight is 443 g/mol. The van der Waals surface area contributed by atoms with Gasteiger partial charge in [0.05, 0.1) is 12.2 Å². The summed E-state index contributed by atoms with van der Waals surface area (Å²) in [5.41, 5.74) is 2.53. The Labute approximate surface area is 193 Å². The van der Waals surface area contributed by atoms with Crippen LogP contribution in [0.4, 0.5) is 5.69 Å². The monoisotopic (exact) mass is 442 g/mol. The van der Waals surface area contributed by atoms with Gasteiger partial charge in [0, 0.05) is 35.4 Å². The highest BCUT2D eigenvalue weighted by Gasteiger charge is 2.53. The Hall–Kier alpha value is -3.64. The Kier molecular flexibility index (Phi) is 5.17. The molecule has 2 aliphatic heterocycles. The number of carbonyl (C=O) groups is 2. The van der Waals surface area contributed by atoms with Crippen LogP contribution in [0, 0.1) is 0 Å². The lowest BCUT2D eigenvalue weighted by Crippen LogP contribution is -2.40. The number of anilines is 1. The van der Waals surface area contributed by atoms with Crippen molar-refractivity contribution in [3.05, 3.63) is 89.0 Å². The molecule has 168 valence electrons. The zero-order chi connectivity index (χ0) is 23.2. The molecule has 0 saturated heterocycles. The van der Waals surface area contributed by atoms with E-state index < -0.39 is 5.60 Å². The number of ether oxygens (including phenoxy) is 2. The first-order valence-electron chi connectivity index (χ1n) is 11.2. The lowest BCUT2D eigenvalue weighted by Gasteiger charge is -2.37. The number of esters is 1. The van der Waals surface area contributed by atoms with Crippen molar-refractivity contribution in [3.63, 3.8) is 0 Å². The number of para-hydroxylation sites is 1. The summed E-state index contributed by atoms with van der Waals surface area (Å²) in [6, 6.07) is 20.8. The van der Waals surface area contributed by atoms with E-state index in [-0.39, 0.29) is 11.9 Å². The topological polar surface area (TPSA) is 59.1 Å². The van der Waals surface area contributed by atoms with Crippen molar-refractivity contribution in [2.75, 3.05) is 24.7 Å². The van der Waals surface area contributed by atoms with E-state index in [2.05, 4.69) is 18.7 Å². The molecule has 2 aliphatic rings. The third kappa shape index (κ3) is 3.21. The summed E-state index contributed by atoms with van der Waals surface area (Å²) >= 11 is 0. The van der Waals surface area contributed by atoms with Crippen molar-refractivity contribution in [2.45, 2.75) is 26.4 Å². The number of fused-ring (bicyclic) bond motifs is 6. The lowest BCUT2D eigenvalue weighted by atomic mass is 9.77. The molecule has 0 aromatic heterocycles. The maximum absolute atomic E-state index is 12.9. The maximum Gasteiger partial charge on any atom is 0.340 e. The fourth-order valence-electron chi connectivity index (χ4n) is 4.77. The molecule has 0 fully saturated rings. The number of nitrogens with zero attached hydrogens (tertiary/aromatic N) is 2. The standard InChI is InChI=1S/C27H26N2O4/c1-4-28(5-2)17-29(18(3)30)19-14-15-23-25(16-19)32-24-13-9-8-12-22(24)27(23)21-11-7-6-10-20(21)26(31)33-27/h6-16H,4-5,17H2,1-3H3. The Balaban J connectivity index is 1.68. The summed E-state index contributed by atoms with van der Waals surface area (Å²) in [6.45, 7) is 7.88. The Bertz CT molecular complexity index is 1250. The number of hydrogen-bond acceptors (Lipinski definition) is 5. The van der Waals surface area contributed by atoms with Gasteiger partial charge in [-0.25, -0.2) is 4.79 Å². The van der Waals surface area contributed by atoms with Crippen LogP contribution in [-0.2, 0) is 15.1 Å². The van der Waals surface area contributed by atoms with E-state index in [0.29, 0.717) is 23.7 Å². The number of rotatable bonds is 5. The van der Waals surface area contributed by atoms with Gasteiger partial charge < -0.3 is 9.47 Å². The molecule has 1 amide bonds. The predicted molar refractivity (Wildman–Crippen MR) is 126 cm³/mol. The fourth-order valence-corrected chi connectivity index (χ4v) is 4.77. The highest BCUT2D eigenvalue weighted by atomic mass is 16.6. The second kappa shape index (κ2) is 8.05. The van der Waals surface area contributed by atoms with Gasteiger partial charge in [0.2, 0.25) is 5.91 Å². The van der Waals surface area contributed by atoms with Gasteiger partial charge in [-0.2, -0.15) is 0 Å². The third-order valence-electron chi connectivity index (χ3n) is 6.53. The molecule has 1 atom stereocenters. The molecule has 3 aromatic carbocycles. The van der Waals surface area contributed by atoms with Crippen LogP contribution in [0.1, 0.15) is 47.8 Å². The fraction of sp³-hybridized carbons (Fsp3) is 0.259. The highest BCUT2D eigenvalue weighted by Crippen LogP contribution is 2.56. The van der Waals surface area contributed by atoms with Crippen LogP contribution in [-0.4, -0.2) is 36.5 Å². The molecular formula is C27H26N2O4. The third-order valence-corrected chi connectivity index (χ3v) is 6.53. The minimum Gasteiger partial charge on any atom is -0.456 e. The lowest BCUT2D eigenvalue weighted by molar-refractivity contribution is -0.117. The first-order valence-corrected chi connectivity index (χ1v) is 11.2. The van der Waals surface area contributed by atoms with E-state index in [1.807, 2.05) is 60.7 Å². The number of benzene rings is 3. The van der Waals surface area contributed by atoms with Crippen molar-refractivity contribution in [1.82, 2.24) is 4.90 Å². The zero-order valence-electron chi connectivity index (χ0n) is 19.0. The van der Waals surface area contributed by atoms with Crippen LogP contribution >= 0.6 is 0 Å². The Morgan fingerprint density at radius 1 is 0.879 bits per heavy atom. The van der Waals surface area contributed by atoms with Crippen LogP contribution in [0.5, 0.6) is 11.5 Å². The molecule has 5 rings (SSSR count). The molecule has 0 saturated carbocycles. The molecule has 0 bridgehead atoms. The largest absolute Gasteiger partial charge is 0.456 e. The van der Waals surface area contributed by atoms with Gasteiger partial charge in [-0.05, 0) is 37.4 Å². The van der Waals surface area contributed by atoms with Gasteiger partial charge in [-0.1, -0.05) is 50.2 Å². The van der Waals surface area contributed by atoms with E-state index in [0.717, 1.165) is 35.5 Å². The van der Waals surface area contributed by atoms with Gasteiger partial charge in [0.15, 0.2) is 5.60 Å². The SMILES string of the molecule is CCN(CC)CN(C(C)=O)c1ccc2c(c1)Oc1ccccc1C21OC(=O)c2ccccc21. The van der Waals surface area contributed by atoms with Gasteiger partial charge >= 0.3 is 5.97 Å². The molecule has 0 aliphatic carbocycles. The zero-order valence-corrected chi connectivity index (χ0v) is 19.0. The van der Waals surface area contributed by atoms with Gasteiger partial charge in [-0.15, -0.1) is 0 Å². The summed E-state index contributed by atoms with van der Waals surface area (Å²) < 4.78 is 12.5. The van der Waals surface area contributed by atoms with Crippen LogP contribution in [0.25, 0.3) is 0 Å². The van der Waals surface area contributed by atoms with E-state index in [9.17, 15) is 9.59 Å². The summed E-state index contributed by atoms with van der Waals surface area (Å²) in [5.74, 6) is 0.793. The predicted octanol–water partition coefficient (Wildman–Crippen LogP) is 4.91. The van der Waals surface area contributed by atoms with Crippen molar-refractivity contribution in [1.29, 1.82) is 0 Å². The summed E-state index contributed by atoms with van der Waals surface area (Å²) in [6.07, 6.45) is 0. The molecule has 33 heavy (non-hydrogen) atoms. The average Bonchev–Trinajstić information content (AvgIpc) is 3.12. The molecule has 6 heteroatoms. The van der Waals surface area contributed by atoms with Crippen LogP contribution in [0.15, 0.2) is 66.7 Å². The van der Waals surface area contributed by atoms with Gasteiger partial charge in [-0.3, -0.25) is 14.6 Å². The van der Waals surface area contributed by atoms with E-state index in [1.54, 1.807) is 17.9 Å². The Morgan fingerprint density at radius 3 is 2.27 bits per heavy atom. The van der Waals surface area contributed by atoms with Crippen molar-refractivity contribution < 1.29 is 19.1 Å². The van der Waals surface area contributed by atoms with Crippen molar-refractivity contribution >= 4 is 17.6 Å². The number of carbonyl (C=O) groups excluding carboxylic acids is 2. The summed E-state index contributed by atoms with van der Waals surface area (Å²) in [5, 5.41) is 0. The molecule has 1 spiro atoms. The second-order valence-corrected chi connectivity index (χ2v) is 8.29. The van der Waals surface area contributed by atoms with E-state index >= 15 is 0 Å². The van der Waals surface area contributed by atoms with E-state index in [4.69, 9.17) is 9.47 Å². The Morgan fingerprint density at radius 2 is 1.55 bits per heavy atom. The molecule has 0 radical (unpaired) electrons. The first-order chi connectivity index (χ1) is 16.0. The minimum atomic E-state index is -1.09. The van der Waals surface area contributed by atoms with Crippen LogP contribution < -0.4 is 9.64 Å². The summed E-state index contributed by atoms with van der Waals surface area (Å²) in [4.78, 5) is 29.3. The maximum atomic E-state index is 12.9. The number of amides is 1. The van der Waals surface area contributed by atoms with Crippen LogP contribution in [0.3, 0.4) is 0 Å². The number of hydrogen-bond donors (Lipinski definition) is 0. The van der Waals surface area contributed by atoms with Gasteiger partial charge in [0.25, 0.3) is 0 Å². The highest BCUT2D eigenvalue weighted by molar-refractivity contribution is 5.97. The molecule has 0 N–H and O–H groups in total. The second-order valence-electron chi connectivity index (χ2n) is 8.29. The van der Waals surface area contributed by atoms with Crippen molar-refractivity contribution in [2.24, 2.45) is 0 Å². The van der Waals surface area contributed by atoms with Gasteiger partial charge in [0.1, 0.15) is 11.5 Å². The first kappa shape index (κ1) is 21.2. The van der Waals surface area contributed by atoms with E-state index in [1.165, 1.54) is 0 Å². The molecular weight excluding hydrogens is 416 g/mol. The van der Waals surface area contributed by atoms with Crippen LogP contribution in [0.2, 0.25) is 0 Å². The normalized spacial score (nSPS) is 17.8. The molecule has 6 nitrogen and oxygen atoms in total.